The highest BCUT2D eigenvalue weighted by Crippen LogP contribution is 2.46. The van der Waals surface area contributed by atoms with E-state index in [-0.39, 0.29) is 16.9 Å². The van der Waals surface area contributed by atoms with E-state index in [0.29, 0.717) is 0 Å². The molecule has 0 unspecified atom stereocenters. The quantitative estimate of drug-likeness (QED) is 0.117. The summed E-state index contributed by atoms with van der Waals surface area (Å²) in [5.74, 6) is -4.59. The van der Waals surface area contributed by atoms with Crippen molar-refractivity contribution in [3.05, 3.63) is 34.5 Å². The number of carbonyl (C=O) groups is 1. The fourth-order valence-electron chi connectivity index (χ4n) is 5.30. The summed E-state index contributed by atoms with van der Waals surface area (Å²) in [6.45, 7) is 3.91. The van der Waals surface area contributed by atoms with Crippen LogP contribution in [0.15, 0.2) is 33.5 Å². The molecule has 0 radical (unpaired) electrons. The van der Waals surface area contributed by atoms with Crippen molar-refractivity contribution in [1.29, 1.82) is 0 Å². The van der Waals surface area contributed by atoms with Crippen molar-refractivity contribution in [3.8, 4) is 45.8 Å². The molecule has 17 nitrogen and oxygen atoms in total. The number of hydrogen-bond donors (Lipinski definition) is 8. The van der Waals surface area contributed by atoms with Crippen LogP contribution in [0.3, 0.4) is 0 Å². The van der Waals surface area contributed by atoms with Crippen LogP contribution in [0.4, 0.5) is 0 Å². The molecule has 1 aromatic heterocycles. The van der Waals surface area contributed by atoms with Crippen LogP contribution in [0.5, 0.6) is 34.5 Å². The van der Waals surface area contributed by atoms with Crippen LogP contribution in [0, 0.1) is 0 Å². The molecular formula is C30H34O17. The molecule has 10 atom stereocenters. The van der Waals surface area contributed by atoms with Gasteiger partial charge in [0.15, 0.2) is 41.0 Å². The summed E-state index contributed by atoms with van der Waals surface area (Å²) in [6.07, 6.45) is -15.0. The van der Waals surface area contributed by atoms with Crippen LogP contribution >= 0.6 is 0 Å². The van der Waals surface area contributed by atoms with E-state index in [2.05, 4.69) is 0 Å². The van der Waals surface area contributed by atoms with E-state index in [0.717, 1.165) is 32.2 Å². The Kier molecular flexibility index (Phi) is 9.43. The summed E-state index contributed by atoms with van der Waals surface area (Å²) >= 11 is 0. The number of carbonyl (C=O) groups excluding carboxylic acids is 1. The molecule has 0 spiro atoms. The first-order valence-electron chi connectivity index (χ1n) is 14.3. The lowest BCUT2D eigenvalue weighted by Crippen LogP contribution is -2.59. The number of fused-ring (bicyclic) bond motifs is 1. The summed E-state index contributed by atoms with van der Waals surface area (Å²) in [4.78, 5) is 25.6. The Morgan fingerprint density at radius 3 is 2.04 bits per heavy atom. The lowest BCUT2D eigenvalue weighted by molar-refractivity contribution is -0.272. The predicted octanol–water partition coefficient (Wildman–Crippen LogP) is -0.431. The summed E-state index contributed by atoms with van der Waals surface area (Å²) in [6, 6.07) is 4.47. The third-order valence-corrected chi connectivity index (χ3v) is 7.85. The van der Waals surface area contributed by atoms with E-state index in [1.165, 1.54) is 19.9 Å². The number of phenolic OH excluding ortho intramolecular Hbond substituents is 3. The number of rotatable bonds is 7. The van der Waals surface area contributed by atoms with Crippen LogP contribution in [0.1, 0.15) is 20.8 Å². The second kappa shape index (κ2) is 13.0. The normalized spacial score (nSPS) is 30.9. The molecule has 3 aromatic rings. The first-order valence-corrected chi connectivity index (χ1v) is 14.3. The minimum atomic E-state index is -1.85. The fourth-order valence-corrected chi connectivity index (χ4v) is 5.30. The van der Waals surface area contributed by atoms with Crippen molar-refractivity contribution >= 4 is 16.9 Å². The maximum absolute atomic E-state index is 14.0. The van der Waals surface area contributed by atoms with Gasteiger partial charge in [-0.2, -0.15) is 0 Å². The molecule has 17 heteroatoms. The Bertz CT molecular complexity index is 1700. The van der Waals surface area contributed by atoms with Crippen LogP contribution in [0.2, 0.25) is 0 Å². The van der Waals surface area contributed by atoms with Crippen LogP contribution in [0.25, 0.3) is 22.3 Å². The maximum Gasteiger partial charge on any atom is 0.303 e. The lowest BCUT2D eigenvalue weighted by atomic mass is 9.99. The van der Waals surface area contributed by atoms with Crippen molar-refractivity contribution in [3.63, 3.8) is 0 Å². The third-order valence-electron chi connectivity index (χ3n) is 7.85. The summed E-state index contributed by atoms with van der Waals surface area (Å²) < 4.78 is 38.9. The van der Waals surface area contributed by atoms with Gasteiger partial charge in [-0.1, -0.05) is 0 Å². The first-order chi connectivity index (χ1) is 22.1. The SMILES string of the molecule is COc1c(O[C@H]2O[C@@H](C)[C@H](O)[C@H](OC(C)=O)[C@@H]2O)cc2oc(-c3ccc(O)c(O)c3)c(O[C@@H]3O[C@@H](C)[C@H](O)[C@H](O)[C@@H]3O)c(=O)c2c1O. The number of ether oxygens (including phenoxy) is 6. The van der Waals surface area contributed by atoms with Gasteiger partial charge in [0.05, 0.1) is 19.3 Å². The molecule has 8 N–H and O–H groups in total. The van der Waals surface area contributed by atoms with Gasteiger partial charge in [-0.05, 0) is 32.0 Å². The molecule has 2 aliphatic heterocycles. The monoisotopic (exact) mass is 666 g/mol. The zero-order valence-electron chi connectivity index (χ0n) is 25.3. The van der Waals surface area contributed by atoms with Gasteiger partial charge in [0.25, 0.3) is 0 Å². The van der Waals surface area contributed by atoms with Gasteiger partial charge in [-0.3, -0.25) is 9.59 Å². The van der Waals surface area contributed by atoms with Gasteiger partial charge in [0.2, 0.25) is 29.5 Å². The van der Waals surface area contributed by atoms with E-state index in [1.54, 1.807) is 0 Å². The average Bonchev–Trinajstić information content (AvgIpc) is 3.01. The molecule has 5 rings (SSSR count). The number of phenols is 3. The minimum Gasteiger partial charge on any atom is -0.504 e. The molecule has 0 bridgehead atoms. The van der Waals surface area contributed by atoms with Gasteiger partial charge in [0, 0.05) is 18.6 Å². The molecule has 47 heavy (non-hydrogen) atoms. The molecule has 2 aromatic carbocycles. The number of aromatic hydroxyl groups is 3. The van der Waals surface area contributed by atoms with Gasteiger partial charge < -0.3 is 73.7 Å². The van der Waals surface area contributed by atoms with Crippen molar-refractivity contribution in [1.82, 2.24) is 0 Å². The molecule has 0 saturated carbocycles. The van der Waals surface area contributed by atoms with E-state index in [9.17, 15) is 50.4 Å². The van der Waals surface area contributed by atoms with Gasteiger partial charge in [-0.25, -0.2) is 0 Å². The molecule has 256 valence electrons. The third kappa shape index (κ3) is 6.21. The fraction of sp³-hybridized carbons (Fsp3) is 0.467. The standard InChI is InChI=1S/C30H34O17/c1-9-18(34)22(38)23(39)29(42-9)47-28-21(37)17-15(45-25(28)12-5-6-13(32)14(33)7-12)8-16(26(41-4)20(17)36)46-30-24(40)27(44-11(3)31)19(35)10(2)43-30/h5-10,18-19,22-24,27,29-30,32-36,38-40H,1-4H3/t9-,10-,18-,19-,22-,23-,24-,27-,29-,30+/m0/s1. The van der Waals surface area contributed by atoms with Crippen molar-refractivity contribution in [2.45, 2.75) is 82.2 Å². The highest BCUT2D eigenvalue weighted by Gasteiger charge is 2.47. The molecular weight excluding hydrogens is 632 g/mol. The molecule has 3 heterocycles. The van der Waals surface area contributed by atoms with Crippen molar-refractivity contribution in [2.75, 3.05) is 7.11 Å². The Labute approximate surface area is 265 Å². The highest BCUT2D eigenvalue weighted by atomic mass is 16.7. The number of aliphatic hydroxyl groups excluding tert-OH is 5. The number of esters is 1. The summed E-state index contributed by atoms with van der Waals surface area (Å²) in [5, 5.41) is 82.9. The van der Waals surface area contributed by atoms with Crippen molar-refractivity contribution in [2.24, 2.45) is 0 Å². The second-order valence-electron chi connectivity index (χ2n) is 11.1. The smallest absolute Gasteiger partial charge is 0.303 e. The minimum absolute atomic E-state index is 0.0379. The van der Waals surface area contributed by atoms with E-state index < -0.39 is 113 Å². The Balaban J connectivity index is 1.65. The number of aliphatic hydroxyl groups is 5. The average molecular weight is 667 g/mol. The zero-order valence-corrected chi connectivity index (χ0v) is 25.3. The first kappa shape index (κ1) is 34.0. The van der Waals surface area contributed by atoms with Gasteiger partial charge in [0.1, 0.15) is 35.4 Å². The van der Waals surface area contributed by atoms with E-state index in [1.807, 2.05) is 0 Å². The molecule has 0 amide bonds. The topological polar surface area (TPSA) is 264 Å². The van der Waals surface area contributed by atoms with Crippen LogP contribution < -0.4 is 19.6 Å². The molecule has 2 saturated heterocycles. The van der Waals surface area contributed by atoms with E-state index in [4.69, 9.17) is 32.8 Å². The van der Waals surface area contributed by atoms with Gasteiger partial charge >= 0.3 is 5.97 Å². The molecule has 2 fully saturated rings. The number of benzene rings is 2. The maximum atomic E-state index is 14.0. The highest BCUT2D eigenvalue weighted by molar-refractivity contribution is 5.91. The number of methoxy groups -OCH3 is 1. The summed E-state index contributed by atoms with van der Waals surface area (Å²) in [5.41, 5.74) is -1.45. The van der Waals surface area contributed by atoms with Crippen molar-refractivity contribution < 1.29 is 78.5 Å². The van der Waals surface area contributed by atoms with E-state index >= 15 is 0 Å². The Hall–Kier alpha value is -4.36. The van der Waals surface area contributed by atoms with Crippen LogP contribution in [-0.2, 0) is 19.0 Å². The van der Waals surface area contributed by atoms with Gasteiger partial charge in [-0.15, -0.1) is 0 Å². The zero-order chi connectivity index (χ0) is 34.5. The summed E-state index contributed by atoms with van der Waals surface area (Å²) in [7, 11) is 1.13. The lowest BCUT2D eigenvalue weighted by Gasteiger charge is -2.40. The second-order valence-corrected chi connectivity index (χ2v) is 11.1. The Morgan fingerprint density at radius 1 is 0.787 bits per heavy atom. The Morgan fingerprint density at radius 2 is 1.43 bits per heavy atom. The molecule has 2 aliphatic rings. The molecule has 0 aliphatic carbocycles. The number of hydrogen-bond acceptors (Lipinski definition) is 17. The largest absolute Gasteiger partial charge is 0.504 e. The van der Waals surface area contributed by atoms with Crippen LogP contribution in [-0.4, -0.2) is 115 Å². The predicted molar refractivity (Wildman–Crippen MR) is 155 cm³/mol.